The van der Waals surface area contributed by atoms with E-state index in [1.54, 1.807) is 0 Å². The lowest BCUT2D eigenvalue weighted by Crippen LogP contribution is -2.51. The highest BCUT2D eigenvalue weighted by molar-refractivity contribution is 5.01. The van der Waals surface area contributed by atoms with E-state index in [9.17, 15) is 0 Å². The van der Waals surface area contributed by atoms with E-state index in [-0.39, 0.29) is 5.60 Å². The molecular weight excluding hydrogens is 202 g/mol. The summed E-state index contributed by atoms with van der Waals surface area (Å²) in [5.41, 5.74) is 0.426. The average molecular weight is 225 g/mol. The summed E-state index contributed by atoms with van der Waals surface area (Å²) in [6.45, 7) is 6.22. The molecule has 0 aromatic heterocycles. The molecule has 16 heavy (non-hydrogen) atoms. The lowest BCUT2D eigenvalue weighted by Gasteiger charge is -2.44. The van der Waals surface area contributed by atoms with Gasteiger partial charge in [0.25, 0.3) is 0 Å². The molecule has 3 saturated heterocycles. The van der Waals surface area contributed by atoms with Crippen molar-refractivity contribution in [2.75, 3.05) is 26.4 Å². The van der Waals surface area contributed by atoms with Gasteiger partial charge in [-0.25, -0.2) is 0 Å². The minimum Gasteiger partial charge on any atom is -0.378 e. The first-order valence-electron chi connectivity index (χ1n) is 6.69. The Kier molecular flexibility index (Phi) is 2.73. The molecule has 0 aliphatic carbocycles. The standard InChI is InChI=1S/C13H23NO2/c1-12(4-2-6-14-12)11-3-7-16-13(9-11)5-8-15-10-13/h11,14H,2-10H2,1H3. The van der Waals surface area contributed by atoms with Crippen LogP contribution in [0.15, 0.2) is 0 Å². The predicted molar refractivity (Wildman–Crippen MR) is 62.5 cm³/mol. The molecule has 0 saturated carbocycles. The van der Waals surface area contributed by atoms with Crippen LogP contribution in [-0.2, 0) is 9.47 Å². The number of rotatable bonds is 1. The van der Waals surface area contributed by atoms with Gasteiger partial charge in [0, 0.05) is 25.2 Å². The zero-order chi connectivity index (χ0) is 11.1. The van der Waals surface area contributed by atoms with Gasteiger partial charge in [-0.3, -0.25) is 0 Å². The molecule has 1 spiro atoms. The van der Waals surface area contributed by atoms with Crippen molar-refractivity contribution in [3.8, 4) is 0 Å². The van der Waals surface area contributed by atoms with Gasteiger partial charge in [0.15, 0.2) is 0 Å². The molecule has 3 atom stereocenters. The summed E-state index contributed by atoms with van der Waals surface area (Å²) in [5.74, 6) is 0.769. The maximum atomic E-state index is 6.01. The third-order valence-corrected chi connectivity index (χ3v) is 4.86. The minimum atomic E-state index is 0.0657. The van der Waals surface area contributed by atoms with Crippen LogP contribution in [0.3, 0.4) is 0 Å². The SMILES string of the molecule is CC1(C2CCOC3(CCOC3)C2)CCCN1. The summed E-state index contributed by atoms with van der Waals surface area (Å²) in [4.78, 5) is 0. The van der Waals surface area contributed by atoms with Gasteiger partial charge in [-0.1, -0.05) is 0 Å². The van der Waals surface area contributed by atoms with Gasteiger partial charge < -0.3 is 14.8 Å². The van der Waals surface area contributed by atoms with Crippen molar-refractivity contribution in [3.05, 3.63) is 0 Å². The van der Waals surface area contributed by atoms with Crippen LogP contribution in [0.1, 0.15) is 39.0 Å². The predicted octanol–water partition coefficient (Wildman–Crippen LogP) is 1.71. The molecule has 3 nitrogen and oxygen atoms in total. The van der Waals surface area contributed by atoms with Crippen LogP contribution in [0.4, 0.5) is 0 Å². The normalized spacial score (nSPS) is 48.9. The highest BCUT2D eigenvalue weighted by Crippen LogP contribution is 2.42. The lowest BCUT2D eigenvalue weighted by atomic mass is 9.73. The van der Waals surface area contributed by atoms with E-state index in [1.807, 2.05) is 0 Å². The Labute approximate surface area is 97.9 Å². The summed E-state index contributed by atoms with van der Waals surface area (Å²) in [5, 5.41) is 3.71. The molecule has 3 aliphatic heterocycles. The summed E-state index contributed by atoms with van der Waals surface area (Å²) in [7, 11) is 0. The smallest absolute Gasteiger partial charge is 0.0940 e. The van der Waals surface area contributed by atoms with Crippen LogP contribution in [0.5, 0.6) is 0 Å². The fourth-order valence-corrected chi connectivity index (χ4v) is 3.70. The molecule has 1 N–H and O–H groups in total. The third kappa shape index (κ3) is 1.79. The lowest BCUT2D eigenvalue weighted by molar-refractivity contribution is -0.109. The Morgan fingerprint density at radius 1 is 1.25 bits per heavy atom. The Balaban J connectivity index is 1.72. The maximum absolute atomic E-state index is 6.01. The second-order valence-corrected chi connectivity index (χ2v) is 5.97. The molecule has 0 aromatic rings. The van der Waals surface area contributed by atoms with E-state index < -0.39 is 0 Å². The van der Waals surface area contributed by atoms with E-state index in [2.05, 4.69) is 12.2 Å². The van der Waals surface area contributed by atoms with Gasteiger partial charge in [0.1, 0.15) is 0 Å². The number of hydrogen-bond donors (Lipinski definition) is 1. The van der Waals surface area contributed by atoms with Crippen molar-refractivity contribution < 1.29 is 9.47 Å². The number of ether oxygens (including phenoxy) is 2. The molecule has 92 valence electrons. The van der Waals surface area contributed by atoms with Gasteiger partial charge in [0.2, 0.25) is 0 Å². The Bertz CT molecular complexity index is 245. The second kappa shape index (κ2) is 3.97. The monoisotopic (exact) mass is 225 g/mol. The quantitative estimate of drug-likeness (QED) is 0.737. The zero-order valence-corrected chi connectivity index (χ0v) is 10.3. The molecule has 0 aromatic carbocycles. The van der Waals surface area contributed by atoms with Crippen LogP contribution in [-0.4, -0.2) is 37.5 Å². The molecule has 3 heterocycles. The van der Waals surface area contributed by atoms with Crippen molar-refractivity contribution in [1.82, 2.24) is 5.32 Å². The van der Waals surface area contributed by atoms with Crippen molar-refractivity contribution in [2.24, 2.45) is 5.92 Å². The van der Waals surface area contributed by atoms with Crippen LogP contribution in [0.25, 0.3) is 0 Å². The Hall–Kier alpha value is -0.120. The van der Waals surface area contributed by atoms with Crippen LogP contribution in [0, 0.1) is 5.92 Å². The summed E-state index contributed by atoms with van der Waals surface area (Å²) >= 11 is 0. The minimum absolute atomic E-state index is 0.0657. The van der Waals surface area contributed by atoms with Gasteiger partial charge in [0.05, 0.1) is 12.2 Å². The first kappa shape index (κ1) is 11.0. The van der Waals surface area contributed by atoms with E-state index >= 15 is 0 Å². The highest BCUT2D eigenvalue weighted by atomic mass is 16.6. The number of hydrogen-bond acceptors (Lipinski definition) is 3. The van der Waals surface area contributed by atoms with Crippen molar-refractivity contribution >= 4 is 0 Å². The van der Waals surface area contributed by atoms with Gasteiger partial charge >= 0.3 is 0 Å². The van der Waals surface area contributed by atoms with Crippen molar-refractivity contribution in [3.63, 3.8) is 0 Å². The maximum Gasteiger partial charge on any atom is 0.0940 e. The molecule has 3 unspecified atom stereocenters. The molecule has 3 aliphatic rings. The first-order chi connectivity index (χ1) is 7.73. The fraction of sp³-hybridized carbons (Fsp3) is 1.00. The first-order valence-corrected chi connectivity index (χ1v) is 6.69. The third-order valence-electron chi connectivity index (χ3n) is 4.86. The van der Waals surface area contributed by atoms with Crippen molar-refractivity contribution in [1.29, 1.82) is 0 Å². The zero-order valence-electron chi connectivity index (χ0n) is 10.3. The molecule has 0 radical (unpaired) electrons. The van der Waals surface area contributed by atoms with Crippen molar-refractivity contribution in [2.45, 2.75) is 50.2 Å². The Morgan fingerprint density at radius 3 is 2.88 bits per heavy atom. The molecule has 3 fully saturated rings. The molecule has 0 amide bonds. The molecular formula is C13H23NO2. The van der Waals surface area contributed by atoms with Crippen LogP contribution in [0.2, 0.25) is 0 Å². The van der Waals surface area contributed by atoms with Gasteiger partial charge in [-0.05, 0) is 45.1 Å². The highest BCUT2D eigenvalue weighted by Gasteiger charge is 2.47. The second-order valence-electron chi connectivity index (χ2n) is 5.97. The molecule has 0 bridgehead atoms. The van der Waals surface area contributed by atoms with Crippen LogP contribution < -0.4 is 5.32 Å². The summed E-state index contributed by atoms with van der Waals surface area (Å²) in [6, 6.07) is 0. The van der Waals surface area contributed by atoms with Crippen LogP contribution >= 0.6 is 0 Å². The number of nitrogens with one attached hydrogen (secondary N) is 1. The van der Waals surface area contributed by atoms with E-state index in [0.717, 1.165) is 32.2 Å². The van der Waals surface area contributed by atoms with Gasteiger partial charge in [-0.15, -0.1) is 0 Å². The average Bonchev–Trinajstić information content (AvgIpc) is 2.90. The topological polar surface area (TPSA) is 30.5 Å². The Morgan fingerprint density at radius 2 is 2.19 bits per heavy atom. The summed E-state index contributed by atoms with van der Waals surface area (Å²) in [6.07, 6.45) is 6.16. The van der Waals surface area contributed by atoms with E-state index in [0.29, 0.717) is 5.54 Å². The fourth-order valence-electron chi connectivity index (χ4n) is 3.70. The van der Waals surface area contributed by atoms with E-state index in [4.69, 9.17) is 9.47 Å². The molecule has 3 rings (SSSR count). The molecule has 3 heteroatoms. The van der Waals surface area contributed by atoms with Gasteiger partial charge in [-0.2, -0.15) is 0 Å². The largest absolute Gasteiger partial charge is 0.378 e. The summed E-state index contributed by atoms with van der Waals surface area (Å²) < 4.78 is 11.5. The van der Waals surface area contributed by atoms with E-state index in [1.165, 1.54) is 32.2 Å².